The molecule has 1 amide bonds. The van der Waals surface area contributed by atoms with Crippen LogP contribution in [-0.2, 0) is 0 Å². The van der Waals surface area contributed by atoms with E-state index < -0.39 is 0 Å². The molecule has 1 aromatic carbocycles. The molecule has 154 valence electrons. The fraction of sp³-hybridized carbons (Fsp3) is 0.429. The Balaban J connectivity index is 0.00000196. The monoisotopic (exact) mass is 424 g/mol. The molecular formula is C21H30Cl2N4O. The lowest BCUT2D eigenvalue weighted by molar-refractivity contribution is 0.0583. The first-order valence-electron chi connectivity index (χ1n) is 9.26. The topological polar surface area (TPSA) is 62.5 Å². The van der Waals surface area contributed by atoms with Crippen molar-refractivity contribution in [3.05, 3.63) is 48.3 Å². The molecule has 1 aromatic heterocycles. The van der Waals surface area contributed by atoms with Gasteiger partial charge in [0.25, 0.3) is 5.91 Å². The standard InChI is InChI=1S/C21H28N4O.2ClH/c1-15(22)20-6-4-5-11-25(20)21(26)18-12-17(13-23-14-18)16-7-9-19(10-8-16)24(2)3;;/h7-10,12-15,20H,4-6,11,22H2,1-3H3;2*1H. The summed E-state index contributed by atoms with van der Waals surface area (Å²) in [6.07, 6.45) is 6.61. The highest BCUT2D eigenvalue weighted by molar-refractivity contribution is 5.95. The summed E-state index contributed by atoms with van der Waals surface area (Å²) in [5, 5.41) is 0. The number of benzene rings is 1. The van der Waals surface area contributed by atoms with Gasteiger partial charge in [-0.15, -0.1) is 24.8 Å². The summed E-state index contributed by atoms with van der Waals surface area (Å²) < 4.78 is 0. The van der Waals surface area contributed by atoms with E-state index in [1.807, 2.05) is 32.0 Å². The summed E-state index contributed by atoms with van der Waals surface area (Å²) in [6.45, 7) is 2.75. The van der Waals surface area contributed by atoms with Crippen LogP contribution in [0.3, 0.4) is 0 Å². The van der Waals surface area contributed by atoms with Crippen LogP contribution >= 0.6 is 24.8 Å². The zero-order valence-electron chi connectivity index (χ0n) is 16.7. The summed E-state index contributed by atoms with van der Waals surface area (Å²) in [5.41, 5.74) is 9.90. The summed E-state index contributed by atoms with van der Waals surface area (Å²) >= 11 is 0. The van der Waals surface area contributed by atoms with Crippen molar-refractivity contribution in [1.82, 2.24) is 9.88 Å². The average Bonchev–Trinajstić information content (AvgIpc) is 2.67. The number of hydrogen-bond donors (Lipinski definition) is 1. The average molecular weight is 425 g/mol. The van der Waals surface area contributed by atoms with Crippen molar-refractivity contribution in [3.63, 3.8) is 0 Å². The van der Waals surface area contributed by atoms with E-state index >= 15 is 0 Å². The van der Waals surface area contributed by atoms with Crippen LogP contribution in [0, 0.1) is 0 Å². The first-order valence-corrected chi connectivity index (χ1v) is 9.26. The fourth-order valence-corrected chi connectivity index (χ4v) is 3.59. The maximum atomic E-state index is 13.1. The molecular weight excluding hydrogens is 395 g/mol. The summed E-state index contributed by atoms with van der Waals surface area (Å²) in [6, 6.07) is 10.3. The van der Waals surface area contributed by atoms with Crippen molar-refractivity contribution in [2.24, 2.45) is 5.73 Å². The lowest BCUT2D eigenvalue weighted by Crippen LogP contribution is -2.51. The molecule has 1 saturated heterocycles. The second-order valence-electron chi connectivity index (χ2n) is 7.32. The van der Waals surface area contributed by atoms with E-state index in [1.165, 1.54) is 0 Å². The highest BCUT2D eigenvalue weighted by Gasteiger charge is 2.30. The van der Waals surface area contributed by atoms with E-state index in [2.05, 4.69) is 34.1 Å². The van der Waals surface area contributed by atoms with E-state index in [4.69, 9.17) is 5.73 Å². The molecule has 0 bridgehead atoms. The van der Waals surface area contributed by atoms with Crippen molar-refractivity contribution in [3.8, 4) is 11.1 Å². The Kier molecular flexibility index (Phi) is 9.21. The number of nitrogens with zero attached hydrogens (tertiary/aromatic N) is 3. The highest BCUT2D eigenvalue weighted by Crippen LogP contribution is 2.25. The predicted octanol–water partition coefficient (Wildman–Crippen LogP) is 4.00. The number of nitrogens with two attached hydrogens (primary N) is 1. The first kappa shape index (κ1) is 24.2. The number of aromatic nitrogens is 1. The molecule has 28 heavy (non-hydrogen) atoms. The van der Waals surface area contributed by atoms with Gasteiger partial charge >= 0.3 is 0 Å². The van der Waals surface area contributed by atoms with E-state index in [0.29, 0.717) is 5.56 Å². The number of piperidine rings is 1. The Morgan fingerprint density at radius 1 is 1.14 bits per heavy atom. The van der Waals surface area contributed by atoms with Gasteiger partial charge in [0.1, 0.15) is 0 Å². The Labute approximate surface area is 180 Å². The van der Waals surface area contributed by atoms with E-state index in [-0.39, 0.29) is 42.8 Å². The normalized spacial score (nSPS) is 17.1. The molecule has 2 aromatic rings. The zero-order valence-corrected chi connectivity index (χ0v) is 18.3. The maximum Gasteiger partial charge on any atom is 0.255 e. The summed E-state index contributed by atoms with van der Waals surface area (Å²) in [4.78, 5) is 21.4. The quantitative estimate of drug-likeness (QED) is 0.805. The number of amides is 1. The molecule has 7 heteroatoms. The summed E-state index contributed by atoms with van der Waals surface area (Å²) in [5.74, 6) is 0.0336. The second-order valence-corrected chi connectivity index (χ2v) is 7.32. The van der Waals surface area contributed by atoms with Crippen molar-refractivity contribution < 1.29 is 4.79 Å². The molecule has 1 aliphatic rings. The van der Waals surface area contributed by atoms with Gasteiger partial charge in [0.15, 0.2) is 0 Å². The third-order valence-corrected chi connectivity index (χ3v) is 5.12. The van der Waals surface area contributed by atoms with Crippen LogP contribution < -0.4 is 10.6 Å². The number of likely N-dealkylation sites (tertiary alicyclic amines) is 1. The van der Waals surface area contributed by atoms with Gasteiger partial charge in [0.05, 0.1) is 5.56 Å². The molecule has 1 aliphatic heterocycles. The molecule has 2 atom stereocenters. The van der Waals surface area contributed by atoms with Crippen LogP contribution in [0.1, 0.15) is 36.5 Å². The van der Waals surface area contributed by atoms with E-state index in [0.717, 1.165) is 42.6 Å². The Morgan fingerprint density at radius 3 is 2.43 bits per heavy atom. The van der Waals surface area contributed by atoms with Gasteiger partial charge in [0, 0.05) is 56.4 Å². The van der Waals surface area contributed by atoms with Gasteiger partial charge in [0.2, 0.25) is 0 Å². The zero-order chi connectivity index (χ0) is 18.7. The number of carbonyl (C=O) groups is 1. The molecule has 0 aliphatic carbocycles. The van der Waals surface area contributed by atoms with E-state index in [9.17, 15) is 4.79 Å². The Morgan fingerprint density at radius 2 is 1.82 bits per heavy atom. The van der Waals surface area contributed by atoms with Gasteiger partial charge in [-0.1, -0.05) is 12.1 Å². The van der Waals surface area contributed by atoms with Crippen LogP contribution in [0.2, 0.25) is 0 Å². The number of anilines is 1. The second kappa shape index (κ2) is 10.6. The molecule has 2 unspecified atom stereocenters. The molecule has 0 saturated carbocycles. The van der Waals surface area contributed by atoms with Crippen LogP contribution in [0.15, 0.2) is 42.7 Å². The van der Waals surface area contributed by atoms with Crippen LogP contribution in [-0.4, -0.2) is 48.5 Å². The minimum atomic E-state index is -0.0195. The third kappa shape index (κ3) is 5.37. The minimum absolute atomic E-state index is 0. The Bertz CT molecular complexity index is 765. The molecule has 0 spiro atoms. The number of rotatable bonds is 4. The van der Waals surface area contributed by atoms with E-state index in [1.54, 1.807) is 12.4 Å². The maximum absolute atomic E-state index is 13.1. The molecule has 2 heterocycles. The largest absolute Gasteiger partial charge is 0.378 e. The van der Waals surface area contributed by atoms with Crippen LogP contribution in [0.4, 0.5) is 5.69 Å². The van der Waals surface area contributed by atoms with Gasteiger partial charge < -0.3 is 15.5 Å². The van der Waals surface area contributed by atoms with Crippen molar-refractivity contribution in [2.75, 3.05) is 25.5 Å². The number of carbonyl (C=O) groups excluding carboxylic acids is 1. The van der Waals surface area contributed by atoms with Gasteiger partial charge in [-0.3, -0.25) is 9.78 Å². The molecule has 2 N–H and O–H groups in total. The van der Waals surface area contributed by atoms with Gasteiger partial charge in [-0.05, 0) is 49.9 Å². The fourth-order valence-electron chi connectivity index (χ4n) is 3.59. The third-order valence-electron chi connectivity index (χ3n) is 5.12. The molecule has 3 rings (SSSR count). The smallest absolute Gasteiger partial charge is 0.255 e. The SMILES string of the molecule is CC(N)C1CCCCN1C(=O)c1cncc(-c2ccc(N(C)C)cc2)c1.Cl.Cl. The highest BCUT2D eigenvalue weighted by atomic mass is 35.5. The van der Waals surface area contributed by atoms with Gasteiger partial charge in [-0.2, -0.15) is 0 Å². The molecule has 5 nitrogen and oxygen atoms in total. The lowest BCUT2D eigenvalue weighted by Gasteiger charge is -2.38. The molecule has 0 radical (unpaired) electrons. The predicted molar refractivity (Wildman–Crippen MR) is 121 cm³/mol. The first-order chi connectivity index (χ1) is 12.5. The summed E-state index contributed by atoms with van der Waals surface area (Å²) in [7, 11) is 4.03. The number of halogens is 2. The van der Waals surface area contributed by atoms with Crippen molar-refractivity contribution in [1.29, 1.82) is 0 Å². The molecule has 1 fully saturated rings. The lowest BCUT2D eigenvalue weighted by atomic mass is 9.96. The van der Waals surface area contributed by atoms with Gasteiger partial charge in [-0.25, -0.2) is 0 Å². The van der Waals surface area contributed by atoms with Crippen LogP contribution in [0.25, 0.3) is 11.1 Å². The number of hydrogen-bond acceptors (Lipinski definition) is 4. The minimum Gasteiger partial charge on any atom is -0.378 e. The number of pyridine rings is 1. The van der Waals surface area contributed by atoms with Crippen molar-refractivity contribution in [2.45, 2.75) is 38.3 Å². The van der Waals surface area contributed by atoms with Crippen molar-refractivity contribution >= 4 is 36.4 Å². The van der Waals surface area contributed by atoms with Crippen LogP contribution in [0.5, 0.6) is 0 Å². The Hall–Kier alpha value is -1.82.